The molecule has 0 bridgehead atoms. The Morgan fingerprint density at radius 2 is 2.44 bits per heavy atom. The Bertz CT molecular complexity index is 222. The van der Waals surface area contributed by atoms with Gasteiger partial charge in [0.15, 0.2) is 5.82 Å². The predicted octanol–water partition coefficient (Wildman–Crippen LogP) is 1.57. The minimum absolute atomic E-state index is 0.646. The molecule has 9 heavy (non-hydrogen) atoms. The zero-order valence-electron chi connectivity index (χ0n) is 4.91. The molecule has 0 aliphatic heterocycles. The Labute approximate surface area is 53.6 Å². The van der Waals surface area contributed by atoms with Crippen LogP contribution in [0.5, 0.6) is 0 Å². The number of nitrogens with zero attached hydrogens (tertiary/aromatic N) is 2. The molecule has 0 radical (unpaired) electrons. The summed E-state index contributed by atoms with van der Waals surface area (Å²) in [6.07, 6.45) is 1.68. The van der Waals surface area contributed by atoms with Gasteiger partial charge in [-0.25, -0.2) is 4.98 Å². The van der Waals surface area contributed by atoms with Gasteiger partial charge in [0.1, 0.15) is 0 Å². The maximum Gasteiger partial charge on any atom is 0.161 e. The number of hydrogen-bond acceptors (Lipinski definition) is 2. The van der Waals surface area contributed by atoms with Crippen LogP contribution in [0.25, 0.3) is 0 Å². The third-order valence-corrected chi connectivity index (χ3v) is 0.843. The summed E-state index contributed by atoms with van der Waals surface area (Å²) in [6, 6.07) is 5.49. The van der Waals surface area contributed by atoms with Crippen LogP contribution in [0.2, 0.25) is 0 Å². The molecule has 1 heterocycles. The summed E-state index contributed by atoms with van der Waals surface area (Å²) >= 11 is 0. The van der Waals surface area contributed by atoms with Gasteiger partial charge in [-0.1, -0.05) is 6.07 Å². The number of rotatable bonds is 1. The second kappa shape index (κ2) is 2.80. The first-order chi connectivity index (χ1) is 4.43. The van der Waals surface area contributed by atoms with Crippen LogP contribution in [0.4, 0.5) is 5.82 Å². The van der Waals surface area contributed by atoms with Gasteiger partial charge in [0.05, 0.1) is 0 Å². The maximum atomic E-state index is 3.90. The first-order valence-corrected chi connectivity index (χ1v) is 2.57. The third kappa shape index (κ3) is 1.52. The molecule has 2 nitrogen and oxygen atoms in total. The van der Waals surface area contributed by atoms with Crippen LogP contribution in [-0.2, 0) is 0 Å². The first kappa shape index (κ1) is 5.73. The lowest BCUT2D eigenvalue weighted by Crippen LogP contribution is -1.67. The van der Waals surface area contributed by atoms with E-state index in [4.69, 9.17) is 0 Å². The van der Waals surface area contributed by atoms with Crippen molar-refractivity contribution in [2.75, 3.05) is 0 Å². The predicted molar refractivity (Wildman–Crippen MR) is 37.0 cm³/mol. The SMILES string of the molecule is C=C=Nc1ccccn1. The Morgan fingerprint density at radius 3 is 3.00 bits per heavy atom. The van der Waals surface area contributed by atoms with Crippen molar-refractivity contribution in [2.45, 2.75) is 0 Å². The van der Waals surface area contributed by atoms with Crippen molar-refractivity contribution >= 4 is 11.7 Å². The minimum atomic E-state index is 0.646. The van der Waals surface area contributed by atoms with Crippen LogP contribution in [0.3, 0.4) is 0 Å². The van der Waals surface area contributed by atoms with Gasteiger partial charge in [-0.3, -0.25) is 0 Å². The molecule has 0 atom stereocenters. The van der Waals surface area contributed by atoms with Crippen molar-refractivity contribution in [3.63, 3.8) is 0 Å². The summed E-state index contributed by atoms with van der Waals surface area (Å²) in [5.74, 6) is 3.04. The van der Waals surface area contributed by atoms with Crippen LogP contribution in [0, 0.1) is 0 Å². The first-order valence-electron chi connectivity index (χ1n) is 2.57. The summed E-state index contributed by atoms with van der Waals surface area (Å²) < 4.78 is 0. The van der Waals surface area contributed by atoms with Crippen molar-refractivity contribution in [3.8, 4) is 0 Å². The summed E-state index contributed by atoms with van der Waals surface area (Å²) in [4.78, 5) is 7.63. The highest BCUT2D eigenvalue weighted by Crippen LogP contribution is 2.01. The Balaban J connectivity index is 2.97. The second-order valence-electron chi connectivity index (χ2n) is 1.46. The normalized spacial score (nSPS) is 8.00. The van der Waals surface area contributed by atoms with Gasteiger partial charge < -0.3 is 0 Å². The topological polar surface area (TPSA) is 25.2 Å². The van der Waals surface area contributed by atoms with Crippen LogP contribution in [0.15, 0.2) is 36.0 Å². The summed E-state index contributed by atoms with van der Waals surface area (Å²) in [6.45, 7) is 3.32. The van der Waals surface area contributed by atoms with Gasteiger partial charge >= 0.3 is 0 Å². The Kier molecular flexibility index (Phi) is 1.78. The van der Waals surface area contributed by atoms with Crippen LogP contribution >= 0.6 is 0 Å². The number of hydrogen-bond donors (Lipinski definition) is 0. The van der Waals surface area contributed by atoms with Gasteiger partial charge in [-0.15, -0.1) is 0 Å². The largest absolute Gasteiger partial charge is 0.237 e. The molecular formula is C7H6N2. The molecule has 1 aromatic heterocycles. The average Bonchev–Trinajstić information content (AvgIpc) is 1.91. The highest BCUT2D eigenvalue weighted by Gasteiger charge is 1.80. The third-order valence-electron chi connectivity index (χ3n) is 0.843. The number of aromatic nitrogens is 1. The van der Waals surface area contributed by atoms with Crippen molar-refractivity contribution < 1.29 is 0 Å². The fraction of sp³-hybridized carbons (Fsp3) is 0. The Hall–Kier alpha value is -1.40. The van der Waals surface area contributed by atoms with Gasteiger partial charge in [0.25, 0.3) is 0 Å². The van der Waals surface area contributed by atoms with E-state index < -0.39 is 0 Å². The molecular weight excluding hydrogens is 112 g/mol. The summed E-state index contributed by atoms with van der Waals surface area (Å²) in [5, 5.41) is 0. The zero-order chi connectivity index (χ0) is 6.53. The molecule has 2 heteroatoms. The van der Waals surface area contributed by atoms with Gasteiger partial charge in [0.2, 0.25) is 0 Å². The molecule has 0 N–H and O–H groups in total. The molecule has 0 unspecified atom stereocenters. The van der Waals surface area contributed by atoms with E-state index >= 15 is 0 Å². The highest BCUT2D eigenvalue weighted by atomic mass is 14.9. The molecule has 0 saturated heterocycles. The van der Waals surface area contributed by atoms with Crippen LogP contribution in [0.1, 0.15) is 0 Å². The van der Waals surface area contributed by atoms with Crippen molar-refractivity contribution in [2.24, 2.45) is 4.99 Å². The van der Waals surface area contributed by atoms with Gasteiger partial charge in [-0.2, -0.15) is 4.99 Å². The van der Waals surface area contributed by atoms with Crippen LogP contribution in [-0.4, -0.2) is 10.9 Å². The van der Waals surface area contributed by atoms with Crippen molar-refractivity contribution in [1.82, 2.24) is 4.98 Å². The van der Waals surface area contributed by atoms with Crippen molar-refractivity contribution in [1.29, 1.82) is 0 Å². The van der Waals surface area contributed by atoms with Gasteiger partial charge in [-0.05, 0) is 24.6 Å². The van der Waals surface area contributed by atoms with E-state index in [1.165, 1.54) is 0 Å². The van der Waals surface area contributed by atoms with E-state index in [0.29, 0.717) is 5.82 Å². The second-order valence-corrected chi connectivity index (χ2v) is 1.46. The highest BCUT2D eigenvalue weighted by molar-refractivity contribution is 5.52. The Morgan fingerprint density at radius 1 is 1.56 bits per heavy atom. The van der Waals surface area contributed by atoms with Crippen LogP contribution < -0.4 is 0 Å². The lowest BCUT2D eigenvalue weighted by molar-refractivity contribution is 1.28. The molecule has 0 amide bonds. The van der Waals surface area contributed by atoms with E-state index in [0.717, 1.165) is 0 Å². The fourth-order valence-corrected chi connectivity index (χ4v) is 0.501. The van der Waals surface area contributed by atoms with E-state index in [2.05, 4.69) is 22.4 Å². The monoisotopic (exact) mass is 118 g/mol. The average molecular weight is 118 g/mol. The smallest absolute Gasteiger partial charge is 0.161 e. The molecule has 0 aromatic carbocycles. The molecule has 1 aromatic rings. The zero-order valence-corrected chi connectivity index (χ0v) is 4.91. The lowest BCUT2D eigenvalue weighted by atomic mass is 10.5. The molecule has 1 rings (SSSR count). The molecule has 0 saturated carbocycles. The van der Waals surface area contributed by atoms with E-state index in [9.17, 15) is 0 Å². The van der Waals surface area contributed by atoms with Gasteiger partial charge in [0, 0.05) is 6.20 Å². The van der Waals surface area contributed by atoms with E-state index in [1.807, 2.05) is 12.1 Å². The number of pyridine rings is 1. The molecule has 0 spiro atoms. The molecule has 0 aliphatic rings. The van der Waals surface area contributed by atoms with E-state index in [1.54, 1.807) is 12.3 Å². The minimum Gasteiger partial charge on any atom is -0.237 e. The molecule has 0 fully saturated rings. The van der Waals surface area contributed by atoms with Crippen molar-refractivity contribution in [3.05, 3.63) is 31.0 Å². The maximum absolute atomic E-state index is 3.90. The summed E-state index contributed by atoms with van der Waals surface area (Å²) in [5.41, 5.74) is 0. The fourth-order valence-electron chi connectivity index (χ4n) is 0.501. The molecule has 0 aliphatic carbocycles. The standard InChI is InChI=1S/C7H6N2/c1-2-8-7-5-3-4-6-9-7/h3-6H,1H2. The number of aliphatic imine (C=N–C) groups is 1. The van der Waals surface area contributed by atoms with E-state index in [-0.39, 0.29) is 0 Å². The molecule has 44 valence electrons. The summed E-state index contributed by atoms with van der Waals surface area (Å²) in [7, 11) is 0. The lowest BCUT2D eigenvalue weighted by Gasteiger charge is -1.83. The quantitative estimate of drug-likeness (QED) is 0.514.